The Morgan fingerprint density at radius 2 is 1.11 bits per heavy atom. The van der Waals surface area contributed by atoms with Gasteiger partial charge in [-0.2, -0.15) is 0 Å². The van der Waals surface area contributed by atoms with E-state index in [4.69, 9.17) is 0 Å². The van der Waals surface area contributed by atoms with Crippen LogP contribution in [0, 0.1) is 0 Å². The summed E-state index contributed by atoms with van der Waals surface area (Å²) in [6, 6.07) is 82.9. The molecule has 1 unspecified atom stereocenters. The quantitative estimate of drug-likeness (QED) is 0.152. The van der Waals surface area contributed by atoms with Crippen LogP contribution in [0.5, 0.6) is 0 Å². The number of aromatic nitrogens is 1. The summed E-state index contributed by atoms with van der Waals surface area (Å²) >= 11 is 0. The lowest BCUT2D eigenvalue weighted by molar-refractivity contribution is 0.922. The summed E-state index contributed by atoms with van der Waals surface area (Å²) in [6.07, 6.45) is 5.88. The predicted octanol–water partition coefficient (Wildman–Crippen LogP) is 15.3. The molecule has 1 aliphatic rings. The zero-order chi connectivity index (χ0) is 42.1. The van der Waals surface area contributed by atoms with Crippen LogP contribution < -0.4 is 15.3 Å². The van der Waals surface area contributed by atoms with Gasteiger partial charge in [0, 0.05) is 39.1 Å². The van der Waals surface area contributed by atoms with Crippen LogP contribution in [0.15, 0.2) is 224 Å². The lowest BCUT2D eigenvalue weighted by atomic mass is 9.89. The van der Waals surface area contributed by atoms with E-state index in [9.17, 15) is 0 Å². The van der Waals surface area contributed by atoms with E-state index in [-0.39, 0.29) is 0 Å². The molecule has 13 rings (SSSR count). The summed E-state index contributed by atoms with van der Waals surface area (Å²) in [4.78, 5) is 2.47. The minimum atomic E-state index is 0.302. The van der Waals surface area contributed by atoms with Gasteiger partial charge in [-0.15, -0.1) is 0 Å². The highest BCUT2D eigenvalue weighted by molar-refractivity contribution is 6.19. The summed E-state index contributed by atoms with van der Waals surface area (Å²) in [5.74, 6) is 0.302. The van der Waals surface area contributed by atoms with Crippen molar-refractivity contribution in [2.24, 2.45) is 0 Å². The number of fused-ring (bicyclic) bond motifs is 10. The van der Waals surface area contributed by atoms with Gasteiger partial charge in [0.15, 0.2) is 0 Å². The highest BCUT2D eigenvalue weighted by atomic mass is 15.1. The number of anilines is 3. The molecule has 0 spiro atoms. The van der Waals surface area contributed by atoms with Crippen molar-refractivity contribution in [3.8, 4) is 16.8 Å². The summed E-state index contributed by atoms with van der Waals surface area (Å²) in [5.41, 5.74) is 10.7. The fraction of sp³-hybridized carbons (Fsp3) is 0.0323. The largest absolute Gasteiger partial charge is 0.310 e. The first-order chi connectivity index (χ1) is 31.7. The van der Waals surface area contributed by atoms with Crippen LogP contribution >= 0.6 is 0 Å². The number of para-hydroxylation sites is 1. The molecule has 64 heavy (non-hydrogen) atoms. The van der Waals surface area contributed by atoms with Gasteiger partial charge in [0.1, 0.15) is 0 Å². The molecule has 1 atom stereocenters. The number of nitrogens with zero attached hydrogens (tertiary/aromatic N) is 2. The Labute approximate surface area is 371 Å². The molecule has 0 aliphatic heterocycles. The van der Waals surface area contributed by atoms with Crippen LogP contribution in [-0.4, -0.2) is 4.57 Å². The summed E-state index contributed by atoms with van der Waals surface area (Å²) in [6.45, 7) is 0. The summed E-state index contributed by atoms with van der Waals surface area (Å²) in [5, 5.41) is 15.2. The number of hydrogen-bond acceptors (Lipinski definition) is 1. The Morgan fingerprint density at radius 3 is 1.94 bits per heavy atom. The lowest BCUT2D eigenvalue weighted by Crippen LogP contribution is -2.29. The third-order valence-corrected chi connectivity index (χ3v) is 13.6. The molecular formula is C62H42N2. The molecule has 12 aromatic rings. The normalized spacial score (nSPS) is 13.7. The average molecular weight is 815 g/mol. The summed E-state index contributed by atoms with van der Waals surface area (Å²) < 4.78 is 2.43. The van der Waals surface area contributed by atoms with Gasteiger partial charge in [-0.05, 0) is 132 Å². The fourth-order valence-corrected chi connectivity index (χ4v) is 10.6. The van der Waals surface area contributed by atoms with E-state index in [1.165, 1.54) is 92.0 Å². The van der Waals surface area contributed by atoms with Gasteiger partial charge >= 0.3 is 0 Å². The van der Waals surface area contributed by atoms with Crippen LogP contribution in [0.4, 0.5) is 17.1 Å². The molecule has 0 fully saturated rings. The highest BCUT2D eigenvalue weighted by Crippen LogP contribution is 2.45. The van der Waals surface area contributed by atoms with Crippen LogP contribution in [0.25, 0.3) is 93.9 Å². The van der Waals surface area contributed by atoms with Gasteiger partial charge in [0.05, 0.1) is 16.7 Å². The molecule has 0 bridgehead atoms. The standard InChI is InChI=1S/C62H42N2/c1-2-19-49(20-3-1)64-59-27-13-26-55(62(59)58-38-43-15-4-5-16-44(43)39-61(58)64)46-18-12-21-51(37-46)63(60-40-47-17-7-9-23-53(47)56-24-10-11-25-57(56)60)50-33-30-41(31-34-50)45-32-35-54-48(36-45)29-28-42-14-6-8-22-52(42)54/h1-31,33-40,45H,32H2. The molecule has 300 valence electrons. The Bertz CT molecular complexity index is 3930. The van der Waals surface area contributed by atoms with Crippen molar-refractivity contribution in [3.05, 3.63) is 240 Å². The first kappa shape index (κ1) is 36.5. The SMILES string of the molecule is C1=c2ccc3ccccc3c2=CCC1c1ccc(N(c2cccc(-c3cccc4c3c3cc5ccccc5cc3n4-c3ccccc3)c2)c2cc3ccccc3c3ccccc23)cc1. The molecule has 2 heteroatoms. The maximum Gasteiger partial charge on any atom is 0.0547 e. The molecule has 1 aromatic heterocycles. The molecule has 11 aromatic carbocycles. The lowest BCUT2D eigenvalue weighted by Gasteiger charge is -2.28. The third kappa shape index (κ3) is 5.87. The molecule has 0 N–H and O–H groups in total. The van der Waals surface area contributed by atoms with Gasteiger partial charge in [-0.1, -0.05) is 176 Å². The topological polar surface area (TPSA) is 8.17 Å². The second kappa shape index (κ2) is 14.7. The van der Waals surface area contributed by atoms with E-state index in [0.717, 1.165) is 29.2 Å². The second-order valence-electron chi connectivity index (χ2n) is 17.2. The Balaban J connectivity index is 0.997. The van der Waals surface area contributed by atoms with Crippen molar-refractivity contribution < 1.29 is 0 Å². The fourth-order valence-electron chi connectivity index (χ4n) is 10.6. The van der Waals surface area contributed by atoms with Crippen molar-refractivity contribution >= 4 is 94.1 Å². The zero-order valence-corrected chi connectivity index (χ0v) is 35.2. The van der Waals surface area contributed by atoms with E-state index in [0.29, 0.717) is 5.92 Å². The van der Waals surface area contributed by atoms with Crippen molar-refractivity contribution in [1.29, 1.82) is 0 Å². The van der Waals surface area contributed by atoms with E-state index in [1.54, 1.807) is 0 Å². The van der Waals surface area contributed by atoms with Crippen molar-refractivity contribution in [1.82, 2.24) is 4.57 Å². The minimum Gasteiger partial charge on any atom is -0.310 e. The van der Waals surface area contributed by atoms with Crippen LogP contribution in [-0.2, 0) is 0 Å². The molecule has 0 saturated carbocycles. The van der Waals surface area contributed by atoms with Gasteiger partial charge in [-0.3, -0.25) is 0 Å². The molecule has 0 radical (unpaired) electrons. The summed E-state index contributed by atoms with van der Waals surface area (Å²) in [7, 11) is 0. The zero-order valence-electron chi connectivity index (χ0n) is 35.2. The van der Waals surface area contributed by atoms with Crippen LogP contribution in [0.1, 0.15) is 17.9 Å². The molecule has 1 aliphatic carbocycles. The van der Waals surface area contributed by atoms with Crippen molar-refractivity contribution in [2.75, 3.05) is 4.90 Å². The second-order valence-corrected chi connectivity index (χ2v) is 17.2. The maximum atomic E-state index is 2.47. The Hall–Kier alpha value is -8.20. The van der Waals surface area contributed by atoms with E-state index in [2.05, 4.69) is 246 Å². The van der Waals surface area contributed by atoms with Gasteiger partial charge in [0.25, 0.3) is 0 Å². The average Bonchev–Trinajstić information content (AvgIpc) is 3.69. The molecule has 0 saturated heterocycles. The van der Waals surface area contributed by atoms with Gasteiger partial charge in [0.2, 0.25) is 0 Å². The van der Waals surface area contributed by atoms with Gasteiger partial charge in [-0.25, -0.2) is 0 Å². The molecule has 0 amide bonds. The van der Waals surface area contributed by atoms with Crippen molar-refractivity contribution in [3.63, 3.8) is 0 Å². The Kier molecular flexibility index (Phi) is 8.39. The number of hydrogen-bond donors (Lipinski definition) is 0. The first-order valence-electron chi connectivity index (χ1n) is 22.4. The van der Waals surface area contributed by atoms with E-state index in [1.807, 2.05) is 0 Å². The number of benzene rings is 11. The smallest absolute Gasteiger partial charge is 0.0547 e. The highest BCUT2D eigenvalue weighted by Gasteiger charge is 2.21. The number of rotatable bonds is 6. The molecule has 2 nitrogen and oxygen atoms in total. The van der Waals surface area contributed by atoms with E-state index < -0.39 is 0 Å². The Morgan fingerprint density at radius 1 is 0.422 bits per heavy atom. The van der Waals surface area contributed by atoms with Gasteiger partial charge < -0.3 is 9.47 Å². The third-order valence-electron chi connectivity index (χ3n) is 13.6. The van der Waals surface area contributed by atoms with Crippen LogP contribution in [0.3, 0.4) is 0 Å². The van der Waals surface area contributed by atoms with Crippen molar-refractivity contribution in [2.45, 2.75) is 12.3 Å². The molecular weight excluding hydrogens is 773 g/mol. The predicted molar refractivity (Wildman–Crippen MR) is 273 cm³/mol. The van der Waals surface area contributed by atoms with E-state index >= 15 is 0 Å². The maximum absolute atomic E-state index is 2.47. The first-order valence-corrected chi connectivity index (χ1v) is 22.4. The van der Waals surface area contributed by atoms with Crippen LogP contribution in [0.2, 0.25) is 0 Å². The monoisotopic (exact) mass is 814 g/mol. The minimum absolute atomic E-state index is 0.302. The molecule has 1 heterocycles.